The minimum Gasteiger partial charge on any atom is -0.402 e. The van der Waals surface area contributed by atoms with E-state index in [4.69, 9.17) is 15.6 Å². The van der Waals surface area contributed by atoms with Crippen LogP contribution in [0.4, 0.5) is 6.01 Å². The van der Waals surface area contributed by atoms with Crippen LogP contribution in [0, 0.1) is 12.3 Å². The van der Waals surface area contributed by atoms with Crippen molar-refractivity contribution in [3.63, 3.8) is 0 Å². The maximum atomic E-state index is 7.22. The molecule has 0 aliphatic heterocycles. The number of thiazole rings is 1. The van der Waals surface area contributed by atoms with Crippen LogP contribution in [-0.4, -0.2) is 27.6 Å². The lowest BCUT2D eigenvalue weighted by atomic mass is 9.87. The fraction of sp³-hybridized carbons (Fsp3) is 0.333. The topological polar surface area (TPSA) is 114 Å². The third kappa shape index (κ3) is 3.91. The normalized spacial score (nSPS) is 11.5. The first kappa shape index (κ1) is 18.1. The van der Waals surface area contributed by atoms with Crippen LogP contribution in [-0.2, 0) is 5.41 Å². The van der Waals surface area contributed by atoms with Crippen LogP contribution in [0.5, 0.6) is 0 Å². The van der Waals surface area contributed by atoms with E-state index in [1.54, 1.807) is 0 Å². The molecule has 0 aliphatic carbocycles. The molecule has 0 saturated heterocycles. The summed E-state index contributed by atoms with van der Waals surface area (Å²) in [5.74, 6) is 0.406. The number of nitrogens with two attached hydrogens (primary N) is 1. The number of aromatic nitrogens is 3. The van der Waals surface area contributed by atoms with E-state index in [-0.39, 0.29) is 23.8 Å². The second-order valence-corrected chi connectivity index (χ2v) is 8.05. The molecule has 0 radical (unpaired) electrons. The smallest absolute Gasteiger partial charge is 0.316 e. The van der Waals surface area contributed by atoms with Gasteiger partial charge in [0.25, 0.3) is 5.89 Å². The minimum atomic E-state index is -0.000268. The van der Waals surface area contributed by atoms with E-state index >= 15 is 0 Å². The predicted octanol–water partition coefficient (Wildman–Crippen LogP) is 3.81. The minimum absolute atomic E-state index is 0.000268. The van der Waals surface area contributed by atoms with E-state index in [0.29, 0.717) is 5.89 Å². The van der Waals surface area contributed by atoms with Crippen LogP contribution < -0.4 is 11.1 Å². The number of nitrogens with zero attached hydrogens (tertiary/aromatic N) is 3. The third-order valence-electron chi connectivity index (χ3n) is 3.84. The molecule has 0 spiro atoms. The van der Waals surface area contributed by atoms with Gasteiger partial charge >= 0.3 is 6.01 Å². The molecule has 3 aromatic rings. The molecule has 0 fully saturated rings. The van der Waals surface area contributed by atoms with E-state index in [1.807, 2.05) is 6.92 Å². The molecule has 1 aromatic carbocycles. The second kappa shape index (κ2) is 6.87. The first-order valence-corrected chi connectivity index (χ1v) is 9.04. The maximum Gasteiger partial charge on any atom is 0.316 e. The monoisotopic (exact) mass is 370 g/mol. The summed E-state index contributed by atoms with van der Waals surface area (Å²) in [6, 6.07) is 8.70. The third-order valence-corrected chi connectivity index (χ3v) is 5.04. The Hall–Kier alpha value is -2.74. The number of aryl methyl sites for hydroxylation is 1. The Bertz CT molecular complexity index is 920. The molecule has 8 heteroatoms. The Kier molecular flexibility index (Phi) is 4.78. The summed E-state index contributed by atoms with van der Waals surface area (Å²) in [6.45, 7) is 8.67. The molecule has 0 atom stereocenters. The molecule has 7 nitrogen and oxygen atoms in total. The molecule has 4 N–H and O–H groups in total. The van der Waals surface area contributed by atoms with Crippen molar-refractivity contribution in [2.75, 3.05) is 11.9 Å². The molecule has 26 heavy (non-hydrogen) atoms. The van der Waals surface area contributed by atoms with Crippen molar-refractivity contribution >= 4 is 23.2 Å². The fourth-order valence-corrected chi connectivity index (χ4v) is 3.38. The zero-order valence-electron chi connectivity index (χ0n) is 15.3. The summed E-state index contributed by atoms with van der Waals surface area (Å²) in [6.07, 6.45) is 0. The Labute approximate surface area is 156 Å². The highest BCUT2D eigenvalue weighted by Gasteiger charge is 2.18. The highest BCUT2D eigenvalue weighted by molar-refractivity contribution is 7.18. The average Bonchev–Trinajstić information content (AvgIpc) is 3.18. The lowest BCUT2D eigenvalue weighted by Gasteiger charge is -2.18. The maximum absolute atomic E-state index is 7.22. The first-order chi connectivity index (χ1) is 12.2. The summed E-state index contributed by atoms with van der Waals surface area (Å²) in [4.78, 5) is 5.49. The van der Waals surface area contributed by atoms with Crippen LogP contribution in [0.1, 0.15) is 32.0 Å². The quantitative estimate of drug-likeness (QED) is 0.465. The van der Waals surface area contributed by atoms with Gasteiger partial charge in [-0.25, -0.2) is 4.98 Å². The molecular weight excluding hydrogens is 348 g/mol. The molecule has 2 aromatic heterocycles. The Morgan fingerprint density at radius 2 is 1.92 bits per heavy atom. The van der Waals surface area contributed by atoms with E-state index in [0.717, 1.165) is 21.1 Å². The lowest BCUT2D eigenvalue weighted by Crippen LogP contribution is -2.21. The molecule has 0 bridgehead atoms. The number of hydrogen-bond donors (Lipinski definition) is 3. The zero-order chi connectivity index (χ0) is 18.9. The van der Waals surface area contributed by atoms with Gasteiger partial charge in [-0.2, -0.15) is 0 Å². The zero-order valence-corrected chi connectivity index (χ0v) is 16.1. The molecule has 136 valence electrons. The molecule has 0 unspecified atom stereocenters. The van der Waals surface area contributed by atoms with Crippen LogP contribution in [0.2, 0.25) is 0 Å². The van der Waals surface area contributed by atoms with Gasteiger partial charge in [-0.3, -0.25) is 5.41 Å². The first-order valence-electron chi connectivity index (χ1n) is 8.23. The van der Waals surface area contributed by atoms with Crippen molar-refractivity contribution in [3.05, 3.63) is 35.5 Å². The standard InChI is InChI=1S/C18H22N6OS/c1-10-14(15-23-24-17(25-15)21-9-13(19)20)26-16(22-10)11-5-7-12(8-6-11)18(2,3)4/h5-8H,9H2,1-4H3,(H3,19,20)(H,21,24). The van der Waals surface area contributed by atoms with Crippen molar-refractivity contribution in [2.45, 2.75) is 33.1 Å². The summed E-state index contributed by atoms with van der Waals surface area (Å²) in [5, 5.41) is 18.9. The molecule has 0 aliphatic rings. The number of rotatable bonds is 5. The van der Waals surface area contributed by atoms with Gasteiger partial charge in [0.15, 0.2) is 0 Å². The van der Waals surface area contributed by atoms with Gasteiger partial charge < -0.3 is 15.5 Å². The Morgan fingerprint density at radius 3 is 2.54 bits per heavy atom. The molecule has 2 heterocycles. The van der Waals surface area contributed by atoms with Gasteiger partial charge in [-0.1, -0.05) is 50.1 Å². The largest absolute Gasteiger partial charge is 0.402 e. The van der Waals surface area contributed by atoms with Crippen molar-refractivity contribution < 1.29 is 4.42 Å². The molecule has 0 saturated carbocycles. The van der Waals surface area contributed by atoms with Gasteiger partial charge in [-0.15, -0.1) is 16.4 Å². The van der Waals surface area contributed by atoms with Gasteiger partial charge in [-0.05, 0) is 17.9 Å². The summed E-state index contributed by atoms with van der Waals surface area (Å²) in [5.41, 5.74) is 8.62. The fourth-order valence-electron chi connectivity index (χ4n) is 2.39. The van der Waals surface area contributed by atoms with Gasteiger partial charge in [0, 0.05) is 5.56 Å². The van der Waals surface area contributed by atoms with Gasteiger partial charge in [0.1, 0.15) is 15.7 Å². The number of hydrogen-bond acceptors (Lipinski definition) is 7. The average molecular weight is 370 g/mol. The van der Waals surface area contributed by atoms with E-state index in [1.165, 1.54) is 16.9 Å². The van der Waals surface area contributed by atoms with Gasteiger partial charge in [0.05, 0.1) is 12.2 Å². The second-order valence-electron chi connectivity index (χ2n) is 7.05. The van der Waals surface area contributed by atoms with Crippen molar-refractivity contribution in [3.8, 4) is 21.3 Å². The van der Waals surface area contributed by atoms with Crippen molar-refractivity contribution in [1.29, 1.82) is 5.41 Å². The van der Waals surface area contributed by atoms with Crippen molar-refractivity contribution in [2.24, 2.45) is 5.73 Å². The molecule has 3 rings (SSSR count). The number of amidine groups is 1. The molecule has 0 amide bonds. The number of nitrogens with one attached hydrogen (secondary N) is 2. The predicted molar refractivity (Wildman–Crippen MR) is 105 cm³/mol. The van der Waals surface area contributed by atoms with Crippen molar-refractivity contribution in [1.82, 2.24) is 15.2 Å². The van der Waals surface area contributed by atoms with E-state index < -0.39 is 0 Å². The van der Waals surface area contributed by atoms with Crippen LogP contribution in [0.15, 0.2) is 28.7 Å². The number of benzene rings is 1. The van der Waals surface area contributed by atoms with E-state index in [2.05, 4.69) is 65.5 Å². The Balaban J connectivity index is 1.84. The molecular formula is C18H22N6OS. The summed E-state index contributed by atoms with van der Waals surface area (Å²) >= 11 is 1.51. The van der Waals surface area contributed by atoms with Gasteiger partial charge in [0.2, 0.25) is 0 Å². The van der Waals surface area contributed by atoms with Crippen LogP contribution in [0.25, 0.3) is 21.3 Å². The summed E-state index contributed by atoms with van der Waals surface area (Å²) < 4.78 is 5.60. The SMILES string of the molecule is Cc1nc(-c2ccc(C(C)(C)C)cc2)sc1-c1nnc(NCC(=N)N)o1. The highest BCUT2D eigenvalue weighted by atomic mass is 32.1. The number of anilines is 1. The van der Waals surface area contributed by atoms with Crippen LogP contribution in [0.3, 0.4) is 0 Å². The lowest BCUT2D eigenvalue weighted by molar-refractivity contribution is 0.585. The summed E-state index contributed by atoms with van der Waals surface area (Å²) in [7, 11) is 0. The highest BCUT2D eigenvalue weighted by Crippen LogP contribution is 2.35. The van der Waals surface area contributed by atoms with Crippen LogP contribution >= 0.6 is 11.3 Å². The van der Waals surface area contributed by atoms with E-state index in [9.17, 15) is 0 Å². The Morgan fingerprint density at radius 1 is 1.23 bits per heavy atom.